The summed E-state index contributed by atoms with van der Waals surface area (Å²) in [6, 6.07) is 14.6. The number of hydrogen-bond acceptors (Lipinski definition) is 4. The predicted molar refractivity (Wildman–Crippen MR) is 133 cm³/mol. The number of rotatable bonds is 5. The molecular formula is C20H27ClIN5O2S. The molecule has 2 N–H and O–H groups in total. The zero-order chi connectivity index (χ0) is 21.0. The second-order valence-corrected chi connectivity index (χ2v) is 9.64. The van der Waals surface area contributed by atoms with Crippen molar-refractivity contribution in [3.63, 3.8) is 0 Å². The van der Waals surface area contributed by atoms with Crippen LogP contribution < -0.4 is 10.6 Å². The van der Waals surface area contributed by atoms with Crippen molar-refractivity contribution in [2.45, 2.75) is 11.4 Å². The van der Waals surface area contributed by atoms with Gasteiger partial charge in [-0.2, -0.15) is 0 Å². The Balaban J connectivity index is 0.00000320. The van der Waals surface area contributed by atoms with E-state index < -0.39 is 10.0 Å². The standard InChI is InChI=1S/C20H26ClN5O2S.HI/c1-24(2)29(27,28)19-9-3-16(4-10-19)15-23-20(22)26-13-11-25(12-14-26)18-7-5-17(21)6-8-18;/h3-10H,11-15H2,1-2H3,(H2,22,23);1H. The number of hydrogen-bond donors (Lipinski definition) is 1. The Hall–Kier alpha value is -1.56. The fourth-order valence-corrected chi connectivity index (χ4v) is 4.12. The van der Waals surface area contributed by atoms with Gasteiger partial charge in [-0.1, -0.05) is 23.7 Å². The topological polar surface area (TPSA) is 82.2 Å². The second kappa shape index (κ2) is 10.7. The molecule has 0 radical (unpaired) electrons. The summed E-state index contributed by atoms with van der Waals surface area (Å²) in [7, 11) is -0.390. The zero-order valence-electron chi connectivity index (χ0n) is 17.0. The normalized spacial score (nSPS) is 15.3. The second-order valence-electron chi connectivity index (χ2n) is 7.06. The maximum absolute atomic E-state index is 12.1. The first-order valence-electron chi connectivity index (χ1n) is 9.34. The number of sulfonamides is 1. The van der Waals surface area contributed by atoms with Gasteiger partial charge < -0.3 is 15.5 Å². The summed E-state index contributed by atoms with van der Waals surface area (Å²) >= 11 is 5.95. The maximum Gasteiger partial charge on any atom is 0.242 e. The van der Waals surface area contributed by atoms with Gasteiger partial charge in [0, 0.05) is 51.0 Å². The molecule has 3 rings (SSSR count). The molecule has 0 unspecified atom stereocenters. The minimum Gasteiger partial charge on any atom is -0.370 e. The van der Waals surface area contributed by atoms with Crippen molar-refractivity contribution in [2.75, 3.05) is 45.2 Å². The van der Waals surface area contributed by atoms with Crippen molar-refractivity contribution in [1.82, 2.24) is 9.21 Å². The van der Waals surface area contributed by atoms with Crippen molar-refractivity contribution in [3.05, 3.63) is 59.1 Å². The molecule has 1 aliphatic heterocycles. The third kappa shape index (κ3) is 5.99. The van der Waals surface area contributed by atoms with Crippen LogP contribution in [0.4, 0.5) is 5.69 Å². The molecule has 0 aliphatic carbocycles. The summed E-state index contributed by atoms with van der Waals surface area (Å²) < 4.78 is 25.4. The van der Waals surface area contributed by atoms with E-state index in [4.69, 9.17) is 17.3 Å². The van der Waals surface area contributed by atoms with E-state index in [1.165, 1.54) is 18.4 Å². The van der Waals surface area contributed by atoms with Gasteiger partial charge in [-0.15, -0.1) is 24.0 Å². The molecule has 1 aliphatic rings. The van der Waals surface area contributed by atoms with Crippen LogP contribution in [0.5, 0.6) is 0 Å². The van der Waals surface area contributed by atoms with Crippen LogP contribution in [0.2, 0.25) is 5.02 Å². The van der Waals surface area contributed by atoms with Crippen LogP contribution in [0.25, 0.3) is 0 Å². The molecule has 30 heavy (non-hydrogen) atoms. The molecule has 1 heterocycles. The highest BCUT2D eigenvalue weighted by atomic mass is 127. The van der Waals surface area contributed by atoms with Crippen molar-refractivity contribution in [2.24, 2.45) is 10.7 Å². The van der Waals surface area contributed by atoms with E-state index in [0.29, 0.717) is 12.5 Å². The molecule has 2 aromatic rings. The first-order chi connectivity index (χ1) is 13.8. The van der Waals surface area contributed by atoms with Crippen LogP contribution in [0.1, 0.15) is 5.56 Å². The van der Waals surface area contributed by atoms with Gasteiger partial charge in [0.05, 0.1) is 11.4 Å². The quantitative estimate of drug-likeness (QED) is 0.344. The fourth-order valence-electron chi connectivity index (χ4n) is 3.10. The summed E-state index contributed by atoms with van der Waals surface area (Å²) in [6.07, 6.45) is 0. The summed E-state index contributed by atoms with van der Waals surface area (Å²) in [5.41, 5.74) is 8.23. The molecule has 0 amide bonds. The highest BCUT2D eigenvalue weighted by molar-refractivity contribution is 14.0. The Kier molecular flexibility index (Phi) is 8.77. The number of aliphatic imine (C=N–C) groups is 1. The van der Waals surface area contributed by atoms with Crippen molar-refractivity contribution in [3.8, 4) is 0 Å². The third-order valence-corrected chi connectivity index (χ3v) is 7.00. The van der Waals surface area contributed by atoms with Gasteiger partial charge in [0.2, 0.25) is 10.0 Å². The molecular weight excluding hydrogens is 537 g/mol. The van der Waals surface area contributed by atoms with Gasteiger partial charge in [-0.25, -0.2) is 17.7 Å². The first kappa shape index (κ1) is 24.7. The van der Waals surface area contributed by atoms with Crippen molar-refractivity contribution >= 4 is 57.2 Å². The van der Waals surface area contributed by atoms with E-state index in [-0.39, 0.29) is 28.9 Å². The number of halogens is 2. The van der Waals surface area contributed by atoms with Crippen LogP contribution in [0, 0.1) is 0 Å². The van der Waals surface area contributed by atoms with Gasteiger partial charge in [0.25, 0.3) is 0 Å². The molecule has 0 spiro atoms. The van der Waals surface area contributed by atoms with Gasteiger partial charge in [-0.05, 0) is 42.0 Å². The van der Waals surface area contributed by atoms with Gasteiger partial charge in [0.15, 0.2) is 5.96 Å². The monoisotopic (exact) mass is 563 g/mol. The Morgan fingerprint density at radius 3 is 2.13 bits per heavy atom. The summed E-state index contributed by atoms with van der Waals surface area (Å²) in [5.74, 6) is 0.505. The molecule has 164 valence electrons. The van der Waals surface area contributed by atoms with Crippen LogP contribution in [0.15, 0.2) is 58.4 Å². The van der Waals surface area contributed by atoms with Crippen molar-refractivity contribution < 1.29 is 8.42 Å². The Labute approximate surface area is 200 Å². The fraction of sp³-hybridized carbons (Fsp3) is 0.350. The number of benzene rings is 2. The zero-order valence-corrected chi connectivity index (χ0v) is 20.9. The molecule has 0 aromatic heterocycles. The first-order valence-corrected chi connectivity index (χ1v) is 11.2. The number of nitrogens with two attached hydrogens (primary N) is 1. The smallest absolute Gasteiger partial charge is 0.242 e. The number of nitrogens with zero attached hydrogens (tertiary/aromatic N) is 4. The van der Waals surface area contributed by atoms with E-state index in [0.717, 1.165) is 42.5 Å². The molecule has 1 saturated heterocycles. The molecule has 10 heteroatoms. The lowest BCUT2D eigenvalue weighted by atomic mass is 10.2. The highest BCUT2D eigenvalue weighted by Gasteiger charge is 2.19. The minimum absolute atomic E-state index is 0. The average Bonchev–Trinajstić information content (AvgIpc) is 2.73. The Bertz CT molecular complexity index is 958. The Morgan fingerprint density at radius 2 is 1.60 bits per heavy atom. The third-order valence-electron chi connectivity index (χ3n) is 4.92. The lowest BCUT2D eigenvalue weighted by Gasteiger charge is -2.36. The van der Waals surface area contributed by atoms with Crippen molar-refractivity contribution in [1.29, 1.82) is 0 Å². The molecule has 0 saturated carbocycles. The number of piperazine rings is 1. The predicted octanol–water partition coefficient (Wildman–Crippen LogP) is 2.85. The summed E-state index contributed by atoms with van der Waals surface area (Å²) in [4.78, 5) is 9.11. The van der Waals surface area contributed by atoms with E-state index in [1.54, 1.807) is 24.3 Å². The average molecular weight is 564 g/mol. The van der Waals surface area contributed by atoms with Crippen LogP contribution in [-0.2, 0) is 16.6 Å². The van der Waals surface area contributed by atoms with Gasteiger partial charge >= 0.3 is 0 Å². The number of anilines is 1. The lowest BCUT2D eigenvalue weighted by Crippen LogP contribution is -2.51. The molecule has 0 bridgehead atoms. The molecule has 0 atom stereocenters. The Morgan fingerprint density at radius 1 is 1.03 bits per heavy atom. The van der Waals surface area contributed by atoms with E-state index in [9.17, 15) is 8.42 Å². The lowest BCUT2D eigenvalue weighted by molar-refractivity contribution is 0.380. The van der Waals surface area contributed by atoms with Gasteiger partial charge in [-0.3, -0.25) is 0 Å². The largest absolute Gasteiger partial charge is 0.370 e. The van der Waals surface area contributed by atoms with E-state index >= 15 is 0 Å². The SMILES string of the molecule is CN(C)S(=O)(=O)c1ccc(CN=C(N)N2CCN(c3ccc(Cl)cc3)CC2)cc1.I. The van der Waals surface area contributed by atoms with Crippen LogP contribution in [-0.4, -0.2) is 63.9 Å². The summed E-state index contributed by atoms with van der Waals surface area (Å²) in [5, 5.41) is 0.733. The summed E-state index contributed by atoms with van der Waals surface area (Å²) in [6.45, 7) is 3.70. The molecule has 1 fully saturated rings. The molecule has 7 nitrogen and oxygen atoms in total. The van der Waals surface area contributed by atoms with Gasteiger partial charge in [0.1, 0.15) is 0 Å². The molecule has 2 aromatic carbocycles. The van der Waals surface area contributed by atoms with Crippen LogP contribution >= 0.6 is 35.6 Å². The van der Waals surface area contributed by atoms with Crippen LogP contribution in [0.3, 0.4) is 0 Å². The van der Waals surface area contributed by atoms with E-state index in [1.807, 2.05) is 24.3 Å². The van der Waals surface area contributed by atoms with E-state index in [2.05, 4.69) is 14.8 Å². The highest BCUT2D eigenvalue weighted by Crippen LogP contribution is 2.19. The maximum atomic E-state index is 12.1. The minimum atomic E-state index is -3.42. The number of guanidine groups is 1.